The molecule has 0 saturated heterocycles. The van der Waals surface area contributed by atoms with Crippen molar-refractivity contribution in [3.05, 3.63) is 23.8 Å². The van der Waals surface area contributed by atoms with Gasteiger partial charge in [0, 0.05) is 24.2 Å². The monoisotopic (exact) mass is 392 g/mol. The van der Waals surface area contributed by atoms with Crippen LogP contribution >= 0.6 is 0 Å². The van der Waals surface area contributed by atoms with E-state index in [0.29, 0.717) is 19.3 Å². The maximum Gasteiger partial charge on any atom is 0.305 e. The Morgan fingerprint density at radius 2 is 2.25 bits per heavy atom. The fraction of sp³-hybridized carbons (Fsp3) is 0.708. The van der Waals surface area contributed by atoms with Crippen molar-refractivity contribution < 1.29 is 25.2 Å². The van der Waals surface area contributed by atoms with Gasteiger partial charge in [-0.25, -0.2) is 0 Å². The summed E-state index contributed by atoms with van der Waals surface area (Å²) in [5, 5.41) is 20.9. The molecule has 2 aliphatic rings. The van der Waals surface area contributed by atoms with E-state index in [0.717, 1.165) is 12.0 Å². The highest BCUT2D eigenvalue weighted by Crippen LogP contribution is 2.50. The third kappa shape index (κ3) is 6.50. The lowest BCUT2D eigenvalue weighted by Gasteiger charge is -2.19. The first-order chi connectivity index (χ1) is 14.9. The SMILES string of the molecule is [2H]C([2H])(C/C=C1\C[C@H]2C[C@@H](O)[C@H](/C=C/[C@@H](O)C(C)CC#CC)[C@H]2C1)C([2H])([2H])C(=O)OCC. The largest absolute Gasteiger partial charge is 0.466 e. The van der Waals surface area contributed by atoms with Gasteiger partial charge in [0.25, 0.3) is 0 Å². The molecule has 2 saturated carbocycles. The minimum atomic E-state index is -2.73. The molecule has 0 aliphatic heterocycles. The fourth-order valence-electron chi connectivity index (χ4n) is 4.24. The van der Waals surface area contributed by atoms with Gasteiger partial charge >= 0.3 is 5.97 Å². The molecule has 28 heavy (non-hydrogen) atoms. The summed E-state index contributed by atoms with van der Waals surface area (Å²) in [5.74, 6) is 5.03. The van der Waals surface area contributed by atoms with Crippen LogP contribution in [0, 0.1) is 35.5 Å². The van der Waals surface area contributed by atoms with Gasteiger partial charge in [-0.05, 0) is 63.7 Å². The van der Waals surface area contributed by atoms with E-state index >= 15 is 0 Å². The lowest BCUT2D eigenvalue weighted by molar-refractivity contribution is -0.143. The Balaban J connectivity index is 2.03. The topological polar surface area (TPSA) is 66.8 Å². The average Bonchev–Trinajstić information content (AvgIpc) is 3.25. The zero-order chi connectivity index (χ0) is 24.1. The van der Waals surface area contributed by atoms with E-state index in [1.54, 1.807) is 26.0 Å². The van der Waals surface area contributed by atoms with Crippen molar-refractivity contribution in [1.29, 1.82) is 0 Å². The lowest BCUT2D eigenvalue weighted by Crippen LogP contribution is -2.19. The second kappa shape index (κ2) is 11.4. The highest BCUT2D eigenvalue weighted by Gasteiger charge is 2.44. The molecule has 156 valence electrons. The van der Waals surface area contributed by atoms with E-state index in [2.05, 4.69) is 11.8 Å². The van der Waals surface area contributed by atoms with Crippen LogP contribution in [0.1, 0.15) is 71.1 Å². The van der Waals surface area contributed by atoms with E-state index in [4.69, 9.17) is 10.2 Å². The first kappa shape index (κ1) is 17.3. The summed E-state index contributed by atoms with van der Waals surface area (Å²) in [5.41, 5.74) is 1.03. The molecule has 0 amide bonds. The molecule has 0 radical (unpaired) electrons. The number of hydrogen-bond donors (Lipinski definition) is 2. The first-order valence-electron chi connectivity index (χ1n) is 12.2. The molecule has 0 heterocycles. The number of ether oxygens (including phenoxy) is 1. The van der Waals surface area contributed by atoms with E-state index in [1.807, 2.05) is 13.0 Å². The van der Waals surface area contributed by atoms with Gasteiger partial charge in [-0.15, -0.1) is 11.8 Å². The van der Waals surface area contributed by atoms with Gasteiger partial charge in [-0.2, -0.15) is 0 Å². The molecule has 4 nitrogen and oxygen atoms in total. The molecular formula is C24H36O4. The number of esters is 1. The zero-order valence-corrected chi connectivity index (χ0v) is 17.1. The van der Waals surface area contributed by atoms with Crippen molar-refractivity contribution in [2.24, 2.45) is 23.7 Å². The number of fused-ring (bicyclic) bond motifs is 1. The van der Waals surface area contributed by atoms with Crippen LogP contribution in [0.3, 0.4) is 0 Å². The van der Waals surface area contributed by atoms with Gasteiger partial charge < -0.3 is 14.9 Å². The van der Waals surface area contributed by atoms with E-state index < -0.39 is 30.9 Å². The molecule has 1 unspecified atom stereocenters. The molecule has 2 aliphatic carbocycles. The summed E-state index contributed by atoms with van der Waals surface area (Å²) in [6, 6.07) is 0. The summed E-state index contributed by atoms with van der Waals surface area (Å²) < 4.78 is 36.6. The third-order valence-electron chi connectivity index (χ3n) is 5.78. The van der Waals surface area contributed by atoms with Crippen molar-refractivity contribution in [2.75, 3.05) is 6.61 Å². The maximum absolute atomic E-state index is 11.9. The van der Waals surface area contributed by atoms with E-state index in [1.165, 1.54) is 0 Å². The van der Waals surface area contributed by atoms with Crippen molar-refractivity contribution >= 4 is 5.97 Å². The number of aliphatic hydroxyl groups excluding tert-OH is 2. The van der Waals surface area contributed by atoms with Crippen LogP contribution in [0.5, 0.6) is 0 Å². The highest BCUT2D eigenvalue weighted by molar-refractivity contribution is 5.69. The predicted octanol–water partition coefficient (Wildman–Crippen LogP) is 4.02. The van der Waals surface area contributed by atoms with Gasteiger partial charge in [0.1, 0.15) is 0 Å². The van der Waals surface area contributed by atoms with Crippen molar-refractivity contribution in [1.82, 2.24) is 0 Å². The predicted molar refractivity (Wildman–Crippen MR) is 111 cm³/mol. The van der Waals surface area contributed by atoms with E-state index in [9.17, 15) is 15.0 Å². The molecule has 0 bridgehead atoms. The normalized spacial score (nSPS) is 33.2. The van der Waals surface area contributed by atoms with Crippen LogP contribution in [0.4, 0.5) is 0 Å². The number of carbonyl (C=O) groups excluding carboxylic acids is 1. The molecule has 2 rings (SSSR count). The van der Waals surface area contributed by atoms with Crippen LogP contribution in [-0.4, -0.2) is 35.0 Å². The highest BCUT2D eigenvalue weighted by atomic mass is 16.5. The molecule has 6 atom stereocenters. The summed E-state index contributed by atoms with van der Waals surface area (Å²) in [6.45, 7) is 5.26. The number of aliphatic hydroxyl groups is 2. The molecule has 0 spiro atoms. The minimum absolute atomic E-state index is 0.00344. The zero-order valence-electron chi connectivity index (χ0n) is 21.1. The Labute approximate surface area is 175 Å². The average molecular weight is 393 g/mol. The number of carbonyl (C=O) groups is 1. The third-order valence-corrected chi connectivity index (χ3v) is 5.78. The Hall–Kier alpha value is -1.57. The minimum Gasteiger partial charge on any atom is -0.466 e. The second-order valence-corrected chi connectivity index (χ2v) is 7.79. The summed E-state index contributed by atoms with van der Waals surface area (Å²) >= 11 is 0. The Kier molecular flexibility index (Phi) is 7.07. The summed E-state index contributed by atoms with van der Waals surface area (Å²) in [6.07, 6.45) is 1.64. The number of allylic oxidation sites excluding steroid dienone is 2. The van der Waals surface area contributed by atoms with Gasteiger partial charge in [0.05, 0.1) is 18.8 Å². The van der Waals surface area contributed by atoms with E-state index in [-0.39, 0.29) is 36.7 Å². The lowest BCUT2D eigenvalue weighted by atomic mass is 9.89. The Morgan fingerprint density at radius 1 is 1.46 bits per heavy atom. The summed E-state index contributed by atoms with van der Waals surface area (Å²) in [4.78, 5) is 11.9. The molecule has 2 N–H and O–H groups in total. The maximum atomic E-state index is 11.9. The first-order valence-corrected chi connectivity index (χ1v) is 10.2. The fourth-order valence-corrected chi connectivity index (χ4v) is 4.24. The van der Waals surface area contributed by atoms with Gasteiger partial charge in [-0.1, -0.05) is 30.7 Å². The van der Waals surface area contributed by atoms with Crippen LogP contribution in [0.25, 0.3) is 0 Å². The number of hydrogen-bond acceptors (Lipinski definition) is 4. The van der Waals surface area contributed by atoms with Gasteiger partial charge in [0.15, 0.2) is 0 Å². The quantitative estimate of drug-likeness (QED) is 0.353. The van der Waals surface area contributed by atoms with Crippen LogP contribution in [-0.2, 0) is 9.53 Å². The molecule has 0 aromatic carbocycles. The van der Waals surface area contributed by atoms with Gasteiger partial charge in [-0.3, -0.25) is 4.79 Å². The number of rotatable bonds is 9. The van der Waals surface area contributed by atoms with Crippen molar-refractivity contribution in [2.45, 2.75) is 77.8 Å². The molecule has 4 heteroatoms. The molecule has 0 aromatic rings. The Bertz CT molecular complexity index is 781. The molecule has 0 aromatic heterocycles. The van der Waals surface area contributed by atoms with Crippen molar-refractivity contribution in [3.63, 3.8) is 0 Å². The smallest absolute Gasteiger partial charge is 0.305 e. The second-order valence-electron chi connectivity index (χ2n) is 7.79. The standard InChI is InChI=1S/C24H36O4/c1-4-6-9-17(3)22(25)13-12-20-21-15-18(14-19(21)16-23(20)26)10-7-8-11-24(27)28-5-2/h10,12-13,17,19-23,25-26H,5,7-9,11,14-16H2,1-3H3/b13-12+,18-10+/t17?,19-,20+,21-,22+,23+/m0/s1/i8D2,11D2. The van der Waals surface area contributed by atoms with Crippen LogP contribution < -0.4 is 0 Å². The van der Waals surface area contributed by atoms with Crippen molar-refractivity contribution in [3.8, 4) is 11.8 Å². The van der Waals surface area contributed by atoms with Gasteiger partial charge in [0.2, 0.25) is 0 Å². The molecular weight excluding hydrogens is 352 g/mol. The Morgan fingerprint density at radius 3 is 2.96 bits per heavy atom. The summed E-state index contributed by atoms with van der Waals surface area (Å²) in [7, 11) is 0. The molecule has 2 fully saturated rings. The van der Waals surface area contributed by atoms with Crippen LogP contribution in [0.15, 0.2) is 23.8 Å². The van der Waals surface area contributed by atoms with Crippen LogP contribution in [0.2, 0.25) is 0 Å².